The molecule has 110 valence electrons. The van der Waals surface area contributed by atoms with Gasteiger partial charge in [-0.3, -0.25) is 20.7 Å². The van der Waals surface area contributed by atoms with Crippen LogP contribution in [0.5, 0.6) is 0 Å². The summed E-state index contributed by atoms with van der Waals surface area (Å²) in [6.45, 7) is 5.38. The number of hydrogen-bond donors (Lipinski definition) is 2. The zero-order chi connectivity index (χ0) is 13.4. The van der Waals surface area contributed by atoms with E-state index in [4.69, 9.17) is 4.99 Å². The lowest BCUT2D eigenvalue weighted by Gasteiger charge is -2.49. The van der Waals surface area contributed by atoms with Gasteiger partial charge in [0.2, 0.25) is 0 Å². The van der Waals surface area contributed by atoms with E-state index in [1.807, 2.05) is 0 Å². The minimum atomic E-state index is 0.344. The van der Waals surface area contributed by atoms with Crippen molar-refractivity contribution in [1.29, 1.82) is 0 Å². The van der Waals surface area contributed by atoms with E-state index >= 15 is 0 Å². The highest BCUT2D eigenvalue weighted by Crippen LogP contribution is 2.35. The second-order valence-electron chi connectivity index (χ2n) is 6.55. The first-order chi connectivity index (χ1) is 9.92. The molecule has 6 nitrogen and oxygen atoms in total. The number of azo groups is 1. The molecule has 20 heavy (non-hydrogen) atoms. The van der Waals surface area contributed by atoms with E-state index in [1.165, 1.54) is 25.9 Å². The summed E-state index contributed by atoms with van der Waals surface area (Å²) in [7, 11) is 0. The van der Waals surface area contributed by atoms with E-state index in [9.17, 15) is 0 Å². The predicted molar refractivity (Wildman–Crippen MR) is 78.0 cm³/mol. The average molecular weight is 276 g/mol. The number of fused-ring (bicyclic) bond motifs is 1. The Labute approximate surface area is 120 Å². The van der Waals surface area contributed by atoms with Crippen LogP contribution < -0.4 is 10.9 Å². The topological polar surface area (TPSA) is 64.4 Å². The molecule has 2 saturated heterocycles. The van der Waals surface area contributed by atoms with Gasteiger partial charge in [-0.15, -0.1) is 0 Å². The predicted octanol–water partition coefficient (Wildman–Crippen LogP) is 0.469. The molecule has 0 saturated carbocycles. The molecule has 4 heterocycles. The van der Waals surface area contributed by atoms with Crippen molar-refractivity contribution in [2.45, 2.75) is 37.4 Å². The van der Waals surface area contributed by atoms with E-state index < -0.39 is 0 Å². The smallest absolute Gasteiger partial charge is 0.0986 e. The molecule has 0 spiro atoms. The average Bonchev–Trinajstić information content (AvgIpc) is 2.47. The molecular weight excluding hydrogens is 252 g/mol. The van der Waals surface area contributed by atoms with Crippen LogP contribution in [0.2, 0.25) is 0 Å². The van der Waals surface area contributed by atoms with E-state index in [0.717, 1.165) is 26.1 Å². The fraction of sp³-hybridized carbons (Fsp3) is 0.929. The monoisotopic (exact) mass is 276 g/mol. The minimum absolute atomic E-state index is 0.344. The van der Waals surface area contributed by atoms with Crippen molar-refractivity contribution < 1.29 is 0 Å². The van der Waals surface area contributed by atoms with Crippen LogP contribution in [0.3, 0.4) is 0 Å². The number of nitrogens with zero attached hydrogens (tertiary/aromatic N) is 4. The Bertz CT molecular complexity index is 396. The van der Waals surface area contributed by atoms with Crippen LogP contribution in [-0.4, -0.2) is 62.0 Å². The molecule has 0 bridgehead atoms. The fourth-order valence-corrected chi connectivity index (χ4v) is 4.03. The third-order valence-corrected chi connectivity index (χ3v) is 5.31. The minimum Gasteiger partial charge on any atom is -0.298 e. The summed E-state index contributed by atoms with van der Waals surface area (Å²) in [6, 6.07) is 1.45. The summed E-state index contributed by atoms with van der Waals surface area (Å²) < 4.78 is 0. The maximum absolute atomic E-state index is 4.75. The molecule has 0 amide bonds. The Morgan fingerprint density at radius 3 is 2.85 bits per heavy atom. The van der Waals surface area contributed by atoms with Gasteiger partial charge in [-0.25, -0.2) is 0 Å². The molecule has 0 aromatic heterocycles. The van der Waals surface area contributed by atoms with Crippen LogP contribution in [0.15, 0.2) is 15.2 Å². The number of hydrazine groups is 1. The number of nitrogens with one attached hydrogen (secondary N) is 2. The van der Waals surface area contributed by atoms with Gasteiger partial charge in [0.05, 0.1) is 18.6 Å². The second kappa shape index (κ2) is 5.50. The second-order valence-corrected chi connectivity index (χ2v) is 6.55. The number of hydrogen-bond acceptors (Lipinski definition) is 6. The number of aliphatic imine (C=N–C) groups is 1. The van der Waals surface area contributed by atoms with Crippen LogP contribution in [0.4, 0.5) is 0 Å². The Balaban J connectivity index is 1.37. The first kappa shape index (κ1) is 12.9. The highest BCUT2D eigenvalue weighted by molar-refractivity contribution is 5.58. The van der Waals surface area contributed by atoms with Gasteiger partial charge < -0.3 is 0 Å². The van der Waals surface area contributed by atoms with Crippen molar-refractivity contribution in [3.63, 3.8) is 0 Å². The molecule has 0 aliphatic carbocycles. The van der Waals surface area contributed by atoms with Crippen molar-refractivity contribution in [3.05, 3.63) is 0 Å². The Kier molecular flexibility index (Phi) is 3.54. The fourth-order valence-electron chi connectivity index (χ4n) is 4.03. The van der Waals surface area contributed by atoms with Crippen LogP contribution >= 0.6 is 0 Å². The van der Waals surface area contributed by atoms with Gasteiger partial charge in [-0.1, -0.05) is 0 Å². The lowest BCUT2D eigenvalue weighted by molar-refractivity contribution is 0.0143. The normalized spacial score (nSPS) is 42.2. The van der Waals surface area contributed by atoms with Gasteiger partial charge in [0.15, 0.2) is 0 Å². The first-order valence-corrected chi connectivity index (χ1v) is 8.00. The van der Waals surface area contributed by atoms with E-state index in [-0.39, 0.29) is 0 Å². The van der Waals surface area contributed by atoms with Crippen molar-refractivity contribution in [1.82, 2.24) is 15.8 Å². The van der Waals surface area contributed by atoms with Crippen molar-refractivity contribution in [3.8, 4) is 0 Å². The van der Waals surface area contributed by atoms with Crippen molar-refractivity contribution in [2.75, 3.05) is 32.7 Å². The number of rotatable bonds is 2. The van der Waals surface area contributed by atoms with Crippen molar-refractivity contribution >= 4 is 6.21 Å². The molecule has 2 N–H and O–H groups in total. The Morgan fingerprint density at radius 1 is 1.05 bits per heavy atom. The standard InChI is InChI=1S/C14H24N6/c1-2-10-6-18-19-14(13(10)15-4-1)11-8-20(9-11)12-3-5-16-17-7-12/h4,10-14,16-17H,1-3,5-9H2. The molecule has 2 fully saturated rings. The summed E-state index contributed by atoms with van der Waals surface area (Å²) in [6.07, 6.45) is 5.73. The van der Waals surface area contributed by atoms with Crippen LogP contribution in [0.1, 0.15) is 19.3 Å². The summed E-state index contributed by atoms with van der Waals surface area (Å²) >= 11 is 0. The summed E-state index contributed by atoms with van der Waals surface area (Å²) in [5, 5.41) is 8.97. The largest absolute Gasteiger partial charge is 0.298 e. The van der Waals surface area contributed by atoms with Gasteiger partial charge in [-0.2, -0.15) is 10.2 Å². The van der Waals surface area contributed by atoms with E-state index in [1.54, 1.807) is 0 Å². The van der Waals surface area contributed by atoms with Crippen LogP contribution in [0.25, 0.3) is 0 Å². The molecule has 4 aliphatic rings. The molecule has 4 rings (SSSR count). The highest BCUT2D eigenvalue weighted by atomic mass is 15.4. The van der Waals surface area contributed by atoms with Crippen LogP contribution in [-0.2, 0) is 0 Å². The zero-order valence-corrected chi connectivity index (χ0v) is 11.9. The third kappa shape index (κ3) is 2.29. The molecule has 4 unspecified atom stereocenters. The molecule has 0 aromatic rings. The summed E-state index contributed by atoms with van der Waals surface area (Å²) in [5.41, 5.74) is 6.47. The first-order valence-electron chi connectivity index (χ1n) is 8.00. The molecule has 0 radical (unpaired) electrons. The van der Waals surface area contributed by atoms with Gasteiger partial charge in [-0.05, 0) is 25.5 Å². The van der Waals surface area contributed by atoms with E-state index in [2.05, 4.69) is 32.2 Å². The molecular formula is C14H24N6. The molecule has 4 aliphatic heterocycles. The third-order valence-electron chi connectivity index (χ3n) is 5.31. The summed E-state index contributed by atoms with van der Waals surface area (Å²) in [4.78, 5) is 7.36. The van der Waals surface area contributed by atoms with Crippen LogP contribution in [0, 0.1) is 11.8 Å². The SMILES string of the molecule is C1=NC2C(CC1)CN=NC2C1CN(C2CCNNC2)C1. The summed E-state index contributed by atoms with van der Waals surface area (Å²) in [5.74, 6) is 1.31. The maximum Gasteiger partial charge on any atom is 0.0986 e. The Hall–Kier alpha value is -0.850. The molecule has 6 heteroatoms. The zero-order valence-electron chi connectivity index (χ0n) is 11.9. The maximum atomic E-state index is 4.75. The molecule has 0 aromatic carbocycles. The van der Waals surface area contributed by atoms with Gasteiger partial charge in [0, 0.05) is 44.1 Å². The quantitative estimate of drug-likeness (QED) is 0.770. The van der Waals surface area contributed by atoms with Gasteiger partial charge >= 0.3 is 0 Å². The number of likely N-dealkylation sites (tertiary alicyclic amines) is 1. The highest BCUT2D eigenvalue weighted by Gasteiger charge is 2.44. The van der Waals surface area contributed by atoms with Gasteiger partial charge in [0.1, 0.15) is 0 Å². The Morgan fingerprint density at radius 2 is 2.00 bits per heavy atom. The lowest BCUT2D eigenvalue weighted by atomic mass is 9.78. The lowest BCUT2D eigenvalue weighted by Crippen LogP contribution is -2.63. The van der Waals surface area contributed by atoms with E-state index in [0.29, 0.717) is 30.0 Å². The van der Waals surface area contributed by atoms with Gasteiger partial charge in [0.25, 0.3) is 0 Å². The van der Waals surface area contributed by atoms with Crippen molar-refractivity contribution in [2.24, 2.45) is 27.1 Å². The molecule has 4 atom stereocenters.